The molecule has 0 radical (unpaired) electrons. The van der Waals surface area contributed by atoms with E-state index >= 15 is 0 Å². The van der Waals surface area contributed by atoms with Crippen molar-refractivity contribution in [3.8, 4) is 0 Å². The molecule has 2 aromatic rings. The lowest BCUT2D eigenvalue weighted by atomic mass is 10.2. The molecular weight excluding hydrogens is 277 g/mol. The average molecular weight is 291 g/mol. The molecule has 110 valence electrons. The number of carbonyl (C=O) groups excluding carboxylic acids is 2. The summed E-state index contributed by atoms with van der Waals surface area (Å²) in [6.07, 6.45) is 1.52. The van der Waals surface area contributed by atoms with Crippen LogP contribution in [-0.4, -0.2) is 28.8 Å². The van der Waals surface area contributed by atoms with Crippen molar-refractivity contribution in [1.82, 2.24) is 15.1 Å². The van der Waals surface area contributed by atoms with Crippen LogP contribution in [0, 0.1) is 5.82 Å². The van der Waals surface area contributed by atoms with Crippen LogP contribution in [0.5, 0.6) is 0 Å². The van der Waals surface area contributed by atoms with E-state index in [9.17, 15) is 14.0 Å². The van der Waals surface area contributed by atoms with Crippen molar-refractivity contribution in [2.24, 2.45) is 0 Å². The van der Waals surface area contributed by atoms with Gasteiger partial charge in [-0.05, 0) is 23.8 Å². The van der Waals surface area contributed by atoms with Crippen LogP contribution in [-0.2, 0) is 22.6 Å². The lowest BCUT2D eigenvalue weighted by Gasteiger charge is -2.05. The van der Waals surface area contributed by atoms with Gasteiger partial charge in [0.1, 0.15) is 12.4 Å². The van der Waals surface area contributed by atoms with E-state index < -0.39 is 5.97 Å². The number of benzene rings is 1. The zero-order valence-electron chi connectivity index (χ0n) is 11.4. The molecule has 2 rings (SSSR count). The van der Waals surface area contributed by atoms with Gasteiger partial charge in [-0.1, -0.05) is 12.1 Å². The molecule has 21 heavy (non-hydrogen) atoms. The van der Waals surface area contributed by atoms with Gasteiger partial charge in [0.05, 0.1) is 7.11 Å². The zero-order chi connectivity index (χ0) is 15.2. The number of hydrogen-bond donors (Lipinski definition) is 1. The summed E-state index contributed by atoms with van der Waals surface area (Å²) >= 11 is 0. The first-order valence-corrected chi connectivity index (χ1v) is 6.21. The third kappa shape index (κ3) is 4.13. The van der Waals surface area contributed by atoms with Crippen molar-refractivity contribution < 1.29 is 18.7 Å². The molecule has 0 bridgehead atoms. The van der Waals surface area contributed by atoms with Crippen LogP contribution in [0.3, 0.4) is 0 Å². The van der Waals surface area contributed by atoms with Crippen LogP contribution in [0.2, 0.25) is 0 Å². The molecule has 0 aliphatic heterocycles. The summed E-state index contributed by atoms with van der Waals surface area (Å²) in [7, 11) is 1.26. The molecule has 1 amide bonds. The summed E-state index contributed by atoms with van der Waals surface area (Å²) in [6.45, 7) is 0.280. The number of ether oxygens (including phenoxy) is 1. The van der Waals surface area contributed by atoms with E-state index in [0.29, 0.717) is 6.54 Å². The molecule has 1 N–H and O–H groups in total. The minimum Gasteiger partial charge on any atom is -0.464 e. The van der Waals surface area contributed by atoms with Crippen LogP contribution in [0.15, 0.2) is 36.5 Å². The Kier molecular flexibility index (Phi) is 4.65. The van der Waals surface area contributed by atoms with Gasteiger partial charge in [-0.25, -0.2) is 9.18 Å². The first-order valence-electron chi connectivity index (χ1n) is 6.21. The summed E-state index contributed by atoms with van der Waals surface area (Å²) < 4.78 is 18.6. The lowest BCUT2D eigenvalue weighted by molar-refractivity contribution is -0.122. The minimum atomic E-state index is -0.555. The van der Waals surface area contributed by atoms with Gasteiger partial charge in [0.2, 0.25) is 5.91 Å². The van der Waals surface area contributed by atoms with Crippen LogP contribution in [0.25, 0.3) is 0 Å². The zero-order valence-corrected chi connectivity index (χ0v) is 11.4. The van der Waals surface area contributed by atoms with E-state index in [-0.39, 0.29) is 24.0 Å². The molecule has 0 fully saturated rings. The molecular formula is C14H14FN3O3. The van der Waals surface area contributed by atoms with E-state index in [4.69, 9.17) is 0 Å². The molecule has 1 aromatic heterocycles. The molecule has 0 unspecified atom stereocenters. The second-order valence-electron chi connectivity index (χ2n) is 4.29. The number of methoxy groups -OCH3 is 1. The van der Waals surface area contributed by atoms with Crippen molar-refractivity contribution in [3.05, 3.63) is 53.6 Å². The normalized spacial score (nSPS) is 10.2. The van der Waals surface area contributed by atoms with Gasteiger partial charge in [0.15, 0.2) is 5.69 Å². The quantitative estimate of drug-likeness (QED) is 0.838. The Labute approximate surface area is 120 Å². The van der Waals surface area contributed by atoms with Gasteiger partial charge >= 0.3 is 5.97 Å². The van der Waals surface area contributed by atoms with Gasteiger partial charge in [0.25, 0.3) is 0 Å². The number of halogens is 1. The van der Waals surface area contributed by atoms with E-state index in [1.54, 1.807) is 12.1 Å². The van der Waals surface area contributed by atoms with Gasteiger partial charge in [-0.15, -0.1) is 0 Å². The number of carbonyl (C=O) groups is 2. The van der Waals surface area contributed by atoms with Gasteiger partial charge in [0, 0.05) is 12.7 Å². The number of nitrogens with one attached hydrogen (secondary N) is 1. The fraction of sp³-hybridized carbons (Fsp3) is 0.214. The van der Waals surface area contributed by atoms with Gasteiger partial charge in [-0.2, -0.15) is 5.10 Å². The SMILES string of the molecule is COC(=O)c1ccn(CC(=O)NCc2ccc(F)cc2)n1. The largest absolute Gasteiger partial charge is 0.464 e. The highest BCUT2D eigenvalue weighted by Crippen LogP contribution is 2.02. The molecule has 0 atom stereocenters. The summed E-state index contributed by atoms with van der Waals surface area (Å²) in [4.78, 5) is 23.0. The Bertz CT molecular complexity index is 637. The molecule has 1 heterocycles. The maximum absolute atomic E-state index is 12.7. The summed E-state index contributed by atoms with van der Waals surface area (Å²) in [5.74, 6) is -1.14. The topological polar surface area (TPSA) is 73.2 Å². The van der Waals surface area contributed by atoms with Crippen LogP contribution in [0.1, 0.15) is 16.1 Å². The highest BCUT2D eigenvalue weighted by Gasteiger charge is 2.10. The first kappa shape index (κ1) is 14.7. The highest BCUT2D eigenvalue weighted by atomic mass is 19.1. The fourth-order valence-corrected chi connectivity index (χ4v) is 1.67. The Morgan fingerprint density at radius 3 is 2.67 bits per heavy atom. The van der Waals surface area contributed by atoms with E-state index in [1.165, 1.54) is 36.2 Å². The van der Waals surface area contributed by atoms with Crippen molar-refractivity contribution in [2.75, 3.05) is 7.11 Å². The molecule has 0 spiro atoms. The summed E-state index contributed by atoms with van der Waals surface area (Å²) in [5, 5.41) is 6.60. The smallest absolute Gasteiger partial charge is 0.358 e. The number of aromatic nitrogens is 2. The van der Waals surface area contributed by atoms with Crippen molar-refractivity contribution in [2.45, 2.75) is 13.1 Å². The Morgan fingerprint density at radius 2 is 2.00 bits per heavy atom. The van der Waals surface area contributed by atoms with Gasteiger partial charge in [-0.3, -0.25) is 9.48 Å². The molecule has 0 saturated heterocycles. The fourth-order valence-electron chi connectivity index (χ4n) is 1.67. The molecule has 1 aromatic carbocycles. The number of esters is 1. The first-order chi connectivity index (χ1) is 10.1. The Hall–Kier alpha value is -2.70. The molecule has 6 nitrogen and oxygen atoms in total. The van der Waals surface area contributed by atoms with E-state index in [1.807, 2.05) is 0 Å². The Balaban J connectivity index is 1.85. The van der Waals surface area contributed by atoms with Crippen LogP contribution in [0.4, 0.5) is 4.39 Å². The van der Waals surface area contributed by atoms with Crippen molar-refractivity contribution in [3.63, 3.8) is 0 Å². The lowest BCUT2D eigenvalue weighted by Crippen LogP contribution is -2.27. The average Bonchev–Trinajstić information content (AvgIpc) is 2.94. The van der Waals surface area contributed by atoms with E-state index in [2.05, 4.69) is 15.2 Å². The number of hydrogen-bond acceptors (Lipinski definition) is 4. The third-order valence-electron chi connectivity index (χ3n) is 2.74. The Morgan fingerprint density at radius 1 is 1.29 bits per heavy atom. The molecule has 0 aliphatic rings. The predicted octanol–water partition coefficient (Wildman–Crippen LogP) is 1.13. The van der Waals surface area contributed by atoms with Gasteiger partial charge < -0.3 is 10.1 Å². The number of amides is 1. The summed E-state index contributed by atoms with van der Waals surface area (Å²) in [5.41, 5.74) is 0.935. The molecule has 0 aliphatic carbocycles. The second kappa shape index (κ2) is 6.65. The second-order valence-corrected chi connectivity index (χ2v) is 4.29. The highest BCUT2D eigenvalue weighted by molar-refractivity contribution is 5.87. The number of rotatable bonds is 5. The van der Waals surface area contributed by atoms with Crippen LogP contribution >= 0.6 is 0 Å². The third-order valence-corrected chi connectivity index (χ3v) is 2.74. The van der Waals surface area contributed by atoms with Crippen LogP contribution < -0.4 is 5.32 Å². The maximum atomic E-state index is 12.7. The minimum absolute atomic E-state index is 0.0157. The van der Waals surface area contributed by atoms with Crippen molar-refractivity contribution in [1.29, 1.82) is 0 Å². The van der Waals surface area contributed by atoms with Crippen molar-refractivity contribution >= 4 is 11.9 Å². The monoisotopic (exact) mass is 291 g/mol. The predicted molar refractivity (Wildman–Crippen MR) is 71.8 cm³/mol. The standard InChI is InChI=1S/C14H14FN3O3/c1-21-14(20)12-6-7-18(17-12)9-13(19)16-8-10-2-4-11(15)5-3-10/h2-7H,8-9H2,1H3,(H,16,19). The summed E-state index contributed by atoms with van der Waals surface area (Å²) in [6, 6.07) is 7.33. The number of nitrogens with zero attached hydrogens (tertiary/aromatic N) is 2. The molecule has 0 saturated carbocycles. The maximum Gasteiger partial charge on any atom is 0.358 e. The molecule has 7 heteroatoms. The van der Waals surface area contributed by atoms with E-state index in [0.717, 1.165) is 5.56 Å².